The van der Waals surface area contributed by atoms with Crippen LogP contribution in [0.4, 0.5) is 4.79 Å². The van der Waals surface area contributed by atoms with Gasteiger partial charge < -0.3 is 14.7 Å². The van der Waals surface area contributed by atoms with Gasteiger partial charge in [0.25, 0.3) is 0 Å². The van der Waals surface area contributed by atoms with Crippen LogP contribution in [-0.4, -0.2) is 27.3 Å². The second-order valence-electron chi connectivity index (χ2n) is 6.78. The van der Waals surface area contributed by atoms with Gasteiger partial charge in [0.1, 0.15) is 12.4 Å². The molecule has 1 aliphatic heterocycles. The van der Waals surface area contributed by atoms with E-state index in [-0.39, 0.29) is 6.04 Å². The van der Waals surface area contributed by atoms with Crippen molar-refractivity contribution in [3.63, 3.8) is 0 Å². The van der Waals surface area contributed by atoms with Gasteiger partial charge in [-0.1, -0.05) is 13.8 Å². The molecule has 1 N–H and O–H groups in total. The molecule has 0 saturated carbocycles. The maximum Gasteiger partial charge on any atom is 0.440 e. The van der Waals surface area contributed by atoms with Gasteiger partial charge in [0.2, 0.25) is 0 Å². The lowest BCUT2D eigenvalue weighted by Gasteiger charge is -2.28. The van der Waals surface area contributed by atoms with Crippen molar-refractivity contribution in [3.05, 3.63) is 40.6 Å². The van der Waals surface area contributed by atoms with Gasteiger partial charge in [0, 0.05) is 29.6 Å². The van der Waals surface area contributed by atoms with Crippen molar-refractivity contribution in [1.82, 2.24) is 10.0 Å². The van der Waals surface area contributed by atoms with Gasteiger partial charge in [-0.3, -0.25) is 4.98 Å². The standard InChI is InChI=1S/C19H21BrN2O4/c1-11(2)6-12(3)22(19(23)24)26-18-8-17-15(7-16(18)20)14-4-5-21-9-13(14)10-25-17/h4-5,7-9,11-12H,6,10H2,1-3H3,(H,23,24). The van der Waals surface area contributed by atoms with E-state index in [1.807, 2.05) is 32.9 Å². The monoisotopic (exact) mass is 420 g/mol. The zero-order valence-electron chi connectivity index (χ0n) is 14.9. The molecule has 0 bridgehead atoms. The molecule has 1 aromatic carbocycles. The number of amides is 1. The highest BCUT2D eigenvalue weighted by Gasteiger charge is 2.26. The number of hydrogen-bond donors (Lipinski definition) is 1. The van der Waals surface area contributed by atoms with Gasteiger partial charge in [-0.2, -0.15) is 0 Å². The number of aromatic nitrogens is 1. The molecule has 26 heavy (non-hydrogen) atoms. The Bertz CT molecular complexity index is 825. The predicted molar refractivity (Wildman–Crippen MR) is 101 cm³/mol. The molecule has 1 atom stereocenters. The van der Waals surface area contributed by atoms with Crippen LogP contribution in [0.3, 0.4) is 0 Å². The zero-order valence-corrected chi connectivity index (χ0v) is 16.5. The van der Waals surface area contributed by atoms with Crippen molar-refractivity contribution in [3.8, 4) is 22.6 Å². The number of rotatable bonds is 5. The average molecular weight is 421 g/mol. The van der Waals surface area contributed by atoms with E-state index in [1.165, 1.54) is 0 Å². The van der Waals surface area contributed by atoms with Gasteiger partial charge in [0.15, 0.2) is 5.75 Å². The summed E-state index contributed by atoms with van der Waals surface area (Å²) in [6.45, 7) is 6.35. The number of fused-ring (bicyclic) bond motifs is 3. The highest BCUT2D eigenvalue weighted by molar-refractivity contribution is 9.10. The Kier molecular flexibility index (Phi) is 5.36. The largest absolute Gasteiger partial charge is 0.488 e. The van der Waals surface area contributed by atoms with Crippen LogP contribution in [0.1, 0.15) is 32.8 Å². The van der Waals surface area contributed by atoms with Crippen LogP contribution in [0.2, 0.25) is 0 Å². The van der Waals surface area contributed by atoms with Crippen LogP contribution in [-0.2, 0) is 6.61 Å². The highest BCUT2D eigenvalue weighted by atomic mass is 79.9. The fourth-order valence-corrected chi connectivity index (χ4v) is 3.51. The molecular formula is C19H21BrN2O4. The van der Waals surface area contributed by atoms with Gasteiger partial charge in [-0.05, 0) is 52.9 Å². The van der Waals surface area contributed by atoms with E-state index in [0.717, 1.165) is 21.8 Å². The fourth-order valence-electron chi connectivity index (χ4n) is 3.10. The summed E-state index contributed by atoms with van der Waals surface area (Å²) >= 11 is 3.49. The number of halogens is 1. The van der Waals surface area contributed by atoms with E-state index in [0.29, 0.717) is 34.9 Å². The quantitative estimate of drug-likeness (QED) is 0.680. The van der Waals surface area contributed by atoms with Crippen molar-refractivity contribution in [2.45, 2.75) is 39.8 Å². The first-order valence-electron chi connectivity index (χ1n) is 8.46. The van der Waals surface area contributed by atoms with Crippen LogP contribution in [0.5, 0.6) is 11.5 Å². The third kappa shape index (κ3) is 3.77. The maximum absolute atomic E-state index is 11.6. The summed E-state index contributed by atoms with van der Waals surface area (Å²) < 4.78 is 6.47. The second-order valence-corrected chi connectivity index (χ2v) is 7.63. The molecule has 3 rings (SSSR count). The molecular weight excluding hydrogens is 400 g/mol. The summed E-state index contributed by atoms with van der Waals surface area (Å²) in [5, 5.41) is 10.5. The SMILES string of the molecule is CC(C)CC(C)N(Oc1cc2c(cc1Br)-c1ccncc1CO2)C(=O)O. The molecule has 0 spiro atoms. The number of carbonyl (C=O) groups is 1. The number of hydroxylamine groups is 2. The minimum atomic E-state index is -1.12. The van der Waals surface area contributed by atoms with Crippen molar-refractivity contribution >= 4 is 22.0 Å². The molecule has 0 aliphatic carbocycles. The first-order valence-corrected chi connectivity index (χ1v) is 9.25. The number of nitrogens with zero attached hydrogens (tertiary/aromatic N) is 2. The second kappa shape index (κ2) is 7.53. The Morgan fingerprint density at radius 3 is 2.85 bits per heavy atom. The third-order valence-corrected chi connectivity index (χ3v) is 4.83. The summed E-state index contributed by atoms with van der Waals surface area (Å²) in [5.41, 5.74) is 2.99. The molecule has 0 radical (unpaired) electrons. The van der Waals surface area contributed by atoms with E-state index in [2.05, 4.69) is 20.9 Å². The molecule has 138 valence electrons. The lowest BCUT2D eigenvalue weighted by molar-refractivity contribution is -0.0689. The van der Waals surface area contributed by atoms with Crippen LogP contribution < -0.4 is 9.57 Å². The molecule has 2 heterocycles. The Labute approximate surface area is 160 Å². The Balaban J connectivity index is 1.91. The smallest absolute Gasteiger partial charge is 0.440 e. The van der Waals surface area contributed by atoms with E-state index in [1.54, 1.807) is 18.5 Å². The molecule has 1 amide bonds. The topological polar surface area (TPSA) is 71.9 Å². The summed E-state index contributed by atoms with van der Waals surface area (Å²) in [5.74, 6) is 1.42. The van der Waals surface area contributed by atoms with Crippen molar-refractivity contribution in [2.24, 2.45) is 5.92 Å². The summed E-state index contributed by atoms with van der Waals surface area (Å²) in [7, 11) is 0. The lowest BCUT2D eigenvalue weighted by Crippen LogP contribution is -2.41. The lowest BCUT2D eigenvalue weighted by atomic mass is 9.99. The molecule has 1 unspecified atom stereocenters. The van der Waals surface area contributed by atoms with Crippen LogP contribution in [0.25, 0.3) is 11.1 Å². The summed E-state index contributed by atoms with van der Waals surface area (Å²) in [6, 6.07) is 5.28. The first-order chi connectivity index (χ1) is 12.4. The van der Waals surface area contributed by atoms with Crippen LogP contribution in [0, 0.1) is 5.92 Å². The Hall–Kier alpha value is -2.28. The van der Waals surface area contributed by atoms with Crippen molar-refractivity contribution in [1.29, 1.82) is 0 Å². The van der Waals surface area contributed by atoms with Gasteiger partial charge in [-0.15, -0.1) is 5.06 Å². The minimum Gasteiger partial charge on any atom is -0.488 e. The van der Waals surface area contributed by atoms with Crippen molar-refractivity contribution < 1.29 is 19.5 Å². The molecule has 1 aliphatic rings. The van der Waals surface area contributed by atoms with E-state index < -0.39 is 6.09 Å². The number of benzene rings is 1. The van der Waals surface area contributed by atoms with Gasteiger partial charge in [-0.25, -0.2) is 4.79 Å². The predicted octanol–water partition coefficient (Wildman–Crippen LogP) is 5.11. The van der Waals surface area contributed by atoms with Crippen LogP contribution >= 0.6 is 15.9 Å². The molecule has 6 nitrogen and oxygen atoms in total. The van der Waals surface area contributed by atoms with Gasteiger partial charge >= 0.3 is 6.09 Å². The highest BCUT2D eigenvalue weighted by Crippen LogP contribution is 2.43. The molecule has 1 aromatic heterocycles. The maximum atomic E-state index is 11.6. The van der Waals surface area contributed by atoms with E-state index >= 15 is 0 Å². The summed E-state index contributed by atoms with van der Waals surface area (Å²) in [6.07, 6.45) is 3.11. The number of pyridine rings is 1. The van der Waals surface area contributed by atoms with E-state index in [4.69, 9.17) is 9.57 Å². The Morgan fingerprint density at radius 1 is 1.38 bits per heavy atom. The normalized spacial score (nSPS) is 13.4. The minimum absolute atomic E-state index is 0.275. The number of hydrogen-bond acceptors (Lipinski definition) is 4. The van der Waals surface area contributed by atoms with Crippen LogP contribution in [0.15, 0.2) is 35.1 Å². The van der Waals surface area contributed by atoms with Crippen molar-refractivity contribution in [2.75, 3.05) is 0 Å². The molecule has 2 aromatic rings. The Morgan fingerprint density at radius 2 is 2.15 bits per heavy atom. The van der Waals surface area contributed by atoms with Gasteiger partial charge in [0.05, 0.1) is 10.5 Å². The summed E-state index contributed by atoms with van der Waals surface area (Å²) in [4.78, 5) is 21.5. The van der Waals surface area contributed by atoms with E-state index in [9.17, 15) is 9.90 Å². The third-order valence-electron chi connectivity index (χ3n) is 4.21. The fraction of sp³-hybridized carbons (Fsp3) is 0.368. The molecule has 7 heteroatoms. The zero-order chi connectivity index (χ0) is 18.8. The number of ether oxygens (including phenoxy) is 1. The molecule has 0 saturated heterocycles. The average Bonchev–Trinajstić information content (AvgIpc) is 2.58. The first kappa shape index (κ1) is 18.5. The number of carboxylic acid groups (broad SMARTS) is 1. The molecule has 0 fully saturated rings.